The molecule has 0 saturated heterocycles. The van der Waals surface area contributed by atoms with E-state index in [9.17, 15) is 9.59 Å². The molecule has 3 rings (SSSR count). The van der Waals surface area contributed by atoms with Gasteiger partial charge in [0.15, 0.2) is 0 Å². The van der Waals surface area contributed by atoms with Crippen molar-refractivity contribution in [2.45, 2.75) is 13.8 Å². The fourth-order valence-electron chi connectivity index (χ4n) is 2.46. The summed E-state index contributed by atoms with van der Waals surface area (Å²) in [6.07, 6.45) is 1.81. The van der Waals surface area contributed by atoms with E-state index in [2.05, 4.69) is 10.4 Å². The third kappa shape index (κ3) is 3.25. The topological polar surface area (TPSA) is 61.8 Å². The minimum atomic E-state index is -0.148. The Bertz CT molecular complexity index is 837. The first-order valence-electron chi connectivity index (χ1n) is 7.59. The standard InChI is InChI=1S/C19H17N3O2/c1-13-18(12-15-8-10-16(11-9-15)20-14(2)23)19(24)22(21-13)17-6-4-3-5-7-17/h3-12H,1-2H3,(H,20,23). The number of nitrogens with zero attached hydrogens (tertiary/aromatic N) is 2. The average Bonchev–Trinajstić information content (AvgIpc) is 2.85. The number of hydrazone groups is 1. The lowest BCUT2D eigenvalue weighted by Crippen LogP contribution is -2.21. The lowest BCUT2D eigenvalue weighted by atomic mass is 10.1. The summed E-state index contributed by atoms with van der Waals surface area (Å²) >= 11 is 0. The molecular formula is C19H17N3O2. The van der Waals surface area contributed by atoms with Crippen molar-refractivity contribution in [3.63, 3.8) is 0 Å². The first-order valence-corrected chi connectivity index (χ1v) is 7.59. The number of benzene rings is 2. The number of carbonyl (C=O) groups is 2. The Kier molecular flexibility index (Phi) is 4.24. The second-order valence-electron chi connectivity index (χ2n) is 5.50. The summed E-state index contributed by atoms with van der Waals surface area (Å²) in [5, 5.41) is 8.47. The molecule has 0 atom stereocenters. The van der Waals surface area contributed by atoms with Gasteiger partial charge in [0.1, 0.15) is 0 Å². The van der Waals surface area contributed by atoms with Crippen LogP contribution in [0.2, 0.25) is 0 Å². The Labute approximate surface area is 140 Å². The van der Waals surface area contributed by atoms with E-state index >= 15 is 0 Å². The molecule has 2 aromatic carbocycles. The smallest absolute Gasteiger partial charge is 0.280 e. The van der Waals surface area contributed by atoms with Gasteiger partial charge in [-0.2, -0.15) is 10.1 Å². The molecule has 0 aromatic heterocycles. The average molecular weight is 319 g/mol. The molecule has 0 aliphatic carbocycles. The number of anilines is 2. The van der Waals surface area contributed by atoms with Crippen LogP contribution >= 0.6 is 0 Å². The predicted molar refractivity (Wildman–Crippen MR) is 95.8 cm³/mol. The molecule has 0 saturated carbocycles. The van der Waals surface area contributed by atoms with Gasteiger partial charge in [-0.05, 0) is 42.8 Å². The van der Waals surface area contributed by atoms with Crippen molar-refractivity contribution >= 4 is 35.0 Å². The van der Waals surface area contributed by atoms with E-state index in [-0.39, 0.29) is 11.8 Å². The highest BCUT2D eigenvalue weighted by Gasteiger charge is 2.28. The van der Waals surface area contributed by atoms with Gasteiger partial charge >= 0.3 is 0 Å². The number of carbonyl (C=O) groups excluding carboxylic acids is 2. The van der Waals surface area contributed by atoms with Crippen molar-refractivity contribution in [1.82, 2.24) is 0 Å². The number of amides is 2. The monoisotopic (exact) mass is 319 g/mol. The lowest BCUT2D eigenvalue weighted by molar-refractivity contribution is -0.115. The number of hydrogen-bond donors (Lipinski definition) is 1. The van der Waals surface area contributed by atoms with Crippen LogP contribution in [-0.2, 0) is 9.59 Å². The van der Waals surface area contributed by atoms with E-state index in [0.29, 0.717) is 11.3 Å². The van der Waals surface area contributed by atoms with Crippen molar-refractivity contribution in [3.8, 4) is 0 Å². The largest absolute Gasteiger partial charge is 0.326 e. The van der Waals surface area contributed by atoms with Crippen LogP contribution in [0, 0.1) is 0 Å². The van der Waals surface area contributed by atoms with Crippen molar-refractivity contribution in [3.05, 3.63) is 65.7 Å². The Balaban J connectivity index is 1.84. The van der Waals surface area contributed by atoms with E-state index in [1.807, 2.05) is 55.5 Å². The van der Waals surface area contributed by atoms with Crippen LogP contribution in [0.25, 0.3) is 6.08 Å². The molecule has 5 nitrogen and oxygen atoms in total. The van der Waals surface area contributed by atoms with Gasteiger partial charge in [-0.3, -0.25) is 9.59 Å². The normalized spacial score (nSPS) is 15.6. The van der Waals surface area contributed by atoms with Crippen LogP contribution < -0.4 is 10.3 Å². The highest BCUT2D eigenvalue weighted by atomic mass is 16.2. The van der Waals surface area contributed by atoms with E-state index in [1.54, 1.807) is 12.1 Å². The first-order chi connectivity index (χ1) is 11.5. The molecule has 0 fully saturated rings. The van der Waals surface area contributed by atoms with Gasteiger partial charge in [-0.15, -0.1) is 0 Å². The predicted octanol–water partition coefficient (Wildman–Crippen LogP) is 3.45. The number of rotatable bonds is 3. The van der Waals surface area contributed by atoms with Crippen molar-refractivity contribution in [1.29, 1.82) is 0 Å². The van der Waals surface area contributed by atoms with Crippen LogP contribution in [0.5, 0.6) is 0 Å². The summed E-state index contributed by atoms with van der Waals surface area (Å²) in [6, 6.07) is 16.6. The lowest BCUT2D eigenvalue weighted by Gasteiger charge is -2.11. The van der Waals surface area contributed by atoms with Crippen molar-refractivity contribution in [2.24, 2.45) is 5.10 Å². The molecule has 1 heterocycles. The molecule has 1 aliphatic heterocycles. The van der Waals surface area contributed by atoms with Crippen LogP contribution in [0.4, 0.5) is 11.4 Å². The Morgan fingerprint density at radius 2 is 1.75 bits per heavy atom. The maximum absolute atomic E-state index is 12.6. The summed E-state index contributed by atoms with van der Waals surface area (Å²) < 4.78 is 0. The third-order valence-corrected chi connectivity index (χ3v) is 3.61. The molecule has 1 aliphatic rings. The molecule has 0 radical (unpaired) electrons. The second-order valence-corrected chi connectivity index (χ2v) is 5.50. The van der Waals surface area contributed by atoms with Crippen LogP contribution in [0.15, 0.2) is 65.3 Å². The zero-order valence-electron chi connectivity index (χ0n) is 13.5. The molecule has 2 aromatic rings. The van der Waals surface area contributed by atoms with Crippen LogP contribution in [0.1, 0.15) is 19.4 Å². The molecule has 2 amide bonds. The van der Waals surface area contributed by atoms with Crippen molar-refractivity contribution < 1.29 is 9.59 Å². The molecule has 5 heteroatoms. The fourth-order valence-corrected chi connectivity index (χ4v) is 2.46. The van der Waals surface area contributed by atoms with E-state index < -0.39 is 0 Å². The maximum atomic E-state index is 12.6. The van der Waals surface area contributed by atoms with E-state index in [0.717, 1.165) is 16.9 Å². The highest BCUT2D eigenvalue weighted by molar-refractivity contribution is 6.32. The molecular weight excluding hydrogens is 302 g/mol. The van der Waals surface area contributed by atoms with E-state index in [1.165, 1.54) is 11.9 Å². The van der Waals surface area contributed by atoms with E-state index in [4.69, 9.17) is 0 Å². The summed E-state index contributed by atoms with van der Waals surface area (Å²) in [5.41, 5.74) is 3.57. The van der Waals surface area contributed by atoms with Gasteiger partial charge in [-0.25, -0.2) is 0 Å². The van der Waals surface area contributed by atoms with Crippen LogP contribution in [-0.4, -0.2) is 17.5 Å². The zero-order chi connectivity index (χ0) is 17.1. The summed E-state index contributed by atoms with van der Waals surface area (Å²) in [5.74, 6) is -0.266. The number of hydrogen-bond acceptors (Lipinski definition) is 3. The van der Waals surface area contributed by atoms with Gasteiger partial charge in [0.2, 0.25) is 5.91 Å². The number of para-hydroxylation sites is 1. The summed E-state index contributed by atoms with van der Waals surface area (Å²) in [7, 11) is 0. The molecule has 0 unspecified atom stereocenters. The Morgan fingerprint density at radius 3 is 2.38 bits per heavy atom. The Hall–Kier alpha value is -3.21. The molecule has 24 heavy (non-hydrogen) atoms. The fraction of sp³-hybridized carbons (Fsp3) is 0.105. The van der Waals surface area contributed by atoms with Gasteiger partial charge in [0, 0.05) is 12.6 Å². The minimum Gasteiger partial charge on any atom is -0.326 e. The molecule has 120 valence electrons. The molecule has 0 bridgehead atoms. The zero-order valence-corrected chi connectivity index (χ0v) is 13.5. The third-order valence-electron chi connectivity index (χ3n) is 3.61. The van der Waals surface area contributed by atoms with Gasteiger partial charge in [0.05, 0.1) is 17.0 Å². The second kappa shape index (κ2) is 6.50. The quantitative estimate of drug-likeness (QED) is 0.881. The maximum Gasteiger partial charge on any atom is 0.280 e. The Morgan fingerprint density at radius 1 is 1.08 bits per heavy atom. The minimum absolute atomic E-state index is 0.117. The van der Waals surface area contributed by atoms with Gasteiger partial charge < -0.3 is 5.32 Å². The first kappa shape index (κ1) is 15.7. The molecule has 1 N–H and O–H groups in total. The van der Waals surface area contributed by atoms with Crippen LogP contribution in [0.3, 0.4) is 0 Å². The summed E-state index contributed by atoms with van der Waals surface area (Å²) in [6.45, 7) is 3.28. The van der Waals surface area contributed by atoms with Gasteiger partial charge in [0.25, 0.3) is 5.91 Å². The highest BCUT2D eigenvalue weighted by Crippen LogP contribution is 2.24. The molecule has 0 spiro atoms. The van der Waals surface area contributed by atoms with Gasteiger partial charge in [-0.1, -0.05) is 30.3 Å². The van der Waals surface area contributed by atoms with Crippen molar-refractivity contribution in [2.75, 3.05) is 10.3 Å². The summed E-state index contributed by atoms with van der Waals surface area (Å²) in [4.78, 5) is 23.7. The number of nitrogens with one attached hydrogen (secondary N) is 1. The SMILES string of the molecule is CC(=O)Nc1ccc(C=C2C(=O)N(c3ccccc3)N=C2C)cc1.